The molecule has 1 atom stereocenters. The third-order valence-corrected chi connectivity index (χ3v) is 3.60. The number of hydrogen-bond donors (Lipinski definition) is 2. The molecule has 1 amide bonds. The summed E-state index contributed by atoms with van der Waals surface area (Å²) in [5.74, 6) is 3.09. The summed E-state index contributed by atoms with van der Waals surface area (Å²) in [5, 5.41) is 6.34. The lowest BCUT2D eigenvalue weighted by Gasteiger charge is -2.22. The maximum atomic E-state index is 11.5. The molecule has 0 saturated carbocycles. The Kier molecular flexibility index (Phi) is 6.10. The summed E-state index contributed by atoms with van der Waals surface area (Å²) in [6.45, 7) is 6.20. The van der Waals surface area contributed by atoms with Crippen LogP contribution in [0.5, 0.6) is 0 Å². The molecule has 88 valence electrons. The molecule has 0 spiro atoms. The van der Waals surface area contributed by atoms with E-state index in [1.165, 1.54) is 5.75 Å². The normalized spacial score (nSPS) is 21.7. The molecule has 1 aliphatic rings. The molecule has 0 aromatic carbocycles. The van der Waals surface area contributed by atoms with Gasteiger partial charge in [0.05, 0.1) is 0 Å². The van der Waals surface area contributed by atoms with E-state index < -0.39 is 0 Å². The van der Waals surface area contributed by atoms with Crippen LogP contribution in [0, 0.1) is 5.92 Å². The van der Waals surface area contributed by atoms with Crippen LogP contribution in [-0.4, -0.2) is 36.5 Å². The van der Waals surface area contributed by atoms with Crippen molar-refractivity contribution in [3.05, 3.63) is 0 Å². The second-order valence-corrected chi connectivity index (χ2v) is 5.61. The number of carbonyl (C=O) groups is 1. The van der Waals surface area contributed by atoms with Gasteiger partial charge < -0.3 is 10.6 Å². The Balaban J connectivity index is 2.06. The number of amides is 1. The van der Waals surface area contributed by atoms with Gasteiger partial charge in [0, 0.05) is 37.1 Å². The Morgan fingerprint density at radius 2 is 2.40 bits per heavy atom. The van der Waals surface area contributed by atoms with Crippen molar-refractivity contribution in [2.75, 3.05) is 24.6 Å². The van der Waals surface area contributed by atoms with Gasteiger partial charge in [-0.1, -0.05) is 13.8 Å². The fourth-order valence-electron chi connectivity index (χ4n) is 1.55. The molecular weight excluding hydrogens is 208 g/mol. The highest BCUT2D eigenvalue weighted by atomic mass is 32.2. The first-order chi connectivity index (χ1) is 7.18. The first-order valence-corrected chi connectivity index (χ1v) is 6.91. The van der Waals surface area contributed by atoms with Gasteiger partial charge in [-0.25, -0.2) is 0 Å². The maximum Gasteiger partial charge on any atom is 0.221 e. The van der Waals surface area contributed by atoms with Crippen LogP contribution in [-0.2, 0) is 4.79 Å². The molecule has 1 rings (SSSR count). The predicted molar refractivity (Wildman–Crippen MR) is 66.2 cm³/mol. The van der Waals surface area contributed by atoms with E-state index >= 15 is 0 Å². The van der Waals surface area contributed by atoms with Gasteiger partial charge in [-0.3, -0.25) is 4.79 Å². The van der Waals surface area contributed by atoms with E-state index in [9.17, 15) is 4.79 Å². The Hall–Kier alpha value is -0.220. The lowest BCUT2D eigenvalue weighted by molar-refractivity contribution is -0.121. The van der Waals surface area contributed by atoms with Crippen molar-refractivity contribution < 1.29 is 4.79 Å². The molecule has 1 heterocycles. The highest BCUT2D eigenvalue weighted by Crippen LogP contribution is 2.09. The number of thioether (sulfide) groups is 1. The SMILES string of the molecule is CC(C)CCNC(=O)CC1CSCCN1. The summed E-state index contributed by atoms with van der Waals surface area (Å²) in [5.41, 5.74) is 0. The standard InChI is InChI=1S/C11H22N2OS/c1-9(2)3-4-13-11(14)7-10-8-15-6-5-12-10/h9-10,12H,3-8H2,1-2H3,(H,13,14). The zero-order valence-electron chi connectivity index (χ0n) is 9.71. The van der Waals surface area contributed by atoms with E-state index in [4.69, 9.17) is 0 Å². The summed E-state index contributed by atoms with van der Waals surface area (Å²) < 4.78 is 0. The summed E-state index contributed by atoms with van der Waals surface area (Å²) in [6, 6.07) is 0.378. The quantitative estimate of drug-likeness (QED) is 0.747. The Bertz CT molecular complexity index is 191. The summed E-state index contributed by atoms with van der Waals surface area (Å²) in [7, 11) is 0. The van der Waals surface area contributed by atoms with Gasteiger partial charge in [-0.05, 0) is 12.3 Å². The molecule has 1 saturated heterocycles. The maximum absolute atomic E-state index is 11.5. The lowest BCUT2D eigenvalue weighted by atomic mass is 10.1. The van der Waals surface area contributed by atoms with Crippen molar-refractivity contribution in [3.63, 3.8) is 0 Å². The molecule has 1 fully saturated rings. The predicted octanol–water partition coefficient (Wildman–Crippen LogP) is 1.24. The van der Waals surface area contributed by atoms with Crippen molar-refractivity contribution in [1.82, 2.24) is 10.6 Å². The zero-order valence-corrected chi connectivity index (χ0v) is 10.5. The second kappa shape index (κ2) is 7.12. The topological polar surface area (TPSA) is 41.1 Å². The van der Waals surface area contributed by atoms with Gasteiger partial charge in [-0.15, -0.1) is 0 Å². The van der Waals surface area contributed by atoms with Crippen LogP contribution in [0.25, 0.3) is 0 Å². The van der Waals surface area contributed by atoms with Crippen molar-refractivity contribution in [3.8, 4) is 0 Å². The molecule has 1 unspecified atom stereocenters. The number of rotatable bonds is 5. The highest BCUT2D eigenvalue weighted by Gasteiger charge is 2.16. The van der Waals surface area contributed by atoms with E-state index in [1.807, 2.05) is 11.8 Å². The second-order valence-electron chi connectivity index (χ2n) is 4.46. The summed E-state index contributed by atoms with van der Waals surface area (Å²) in [6.07, 6.45) is 1.70. The van der Waals surface area contributed by atoms with E-state index in [0.29, 0.717) is 18.4 Å². The summed E-state index contributed by atoms with van der Waals surface area (Å²) >= 11 is 1.93. The van der Waals surface area contributed by atoms with Gasteiger partial charge in [0.25, 0.3) is 0 Å². The van der Waals surface area contributed by atoms with Gasteiger partial charge in [0.2, 0.25) is 5.91 Å². The molecule has 3 nitrogen and oxygen atoms in total. The minimum Gasteiger partial charge on any atom is -0.356 e. The third kappa shape index (κ3) is 6.05. The molecule has 0 aromatic rings. The number of hydrogen-bond acceptors (Lipinski definition) is 3. The number of nitrogens with one attached hydrogen (secondary N) is 2. The monoisotopic (exact) mass is 230 g/mol. The van der Waals surface area contributed by atoms with E-state index in [-0.39, 0.29) is 5.91 Å². The Morgan fingerprint density at radius 3 is 3.00 bits per heavy atom. The van der Waals surface area contributed by atoms with Crippen LogP contribution in [0.4, 0.5) is 0 Å². The van der Waals surface area contributed by atoms with Crippen LogP contribution in [0.1, 0.15) is 26.7 Å². The van der Waals surface area contributed by atoms with Gasteiger partial charge >= 0.3 is 0 Å². The largest absolute Gasteiger partial charge is 0.356 e. The third-order valence-electron chi connectivity index (χ3n) is 2.47. The lowest BCUT2D eigenvalue weighted by Crippen LogP contribution is -2.41. The van der Waals surface area contributed by atoms with Gasteiger partial charge in [0.15, 0.2) is 0 Å². The van der Waals surface area contributed by atoms with Gasteiger partial charge in [0.1, 0.15) is 0 Å². The number of carbonyl (C=O) groups excluding carboxylic acids is 1. The molecule has 1 aliphatic heterocycles. The molecular formula is C11H22N2OS. The average Bonchev–Trinajstić information content (AvgIpc) is 2.18. The van der Waals surface area contributed by atoms with Crippen LogP contribution < -0.4 is 10.6 Å². The van der Waals surface area contributed by atoms with E-state index in [2.05, 4.69) is 24.5 Å². The first-order valence-electron chi connectivity index (χ1n) is 5.76. The molecule has 0 aromatic heterocycles. The van der Waals surface area contributed by atoms with Crippen LogP contribution >= 0.6 is 11.8 Å². The molecule has 15 heavy (non-hydrogen) atoms. The first kappa shape index (κ1) is 12.8. The van der Waals surface area contributed by atoms with Crippen molar-refractivity contribution in [2.45, 2.75) is 32.7 Å². The van der Waals surface area contributed by atoms with Crippen molar-refractivity contribution >= 4 is 17.7 Å². The van der Waals surface area contributed by atoms with E-state index in [1.54, 1.807) is 0 Å². The Labute approximate surface area is 96.8 Å². The van der Waals surface area contributed by atoms with Crippen molar-refractivity contribution in [1.29, 1.82) is 0 Å². The fourth-order valence-corrected chi connectivity index (χ4v) is 2.50. The zero-order chi connectivity index (χ0) is 11.1. The van der Waals surface area contributed by atoms with Crippen LogP contribution in [0.3, 0.4) is 0 Å². The molecule has 2 N–H and O–H groups in total. The van der Waals surface area contributed by atoms with Crippen molar-refractivity contribution in [2.24, 2.45) is 5.92 Å². The van der Waals surface area contributed by atoms with E-state index in [0.717, 1.165) is 25.3 Å². The average molecular weight is 230 g/mol. The van der Waals surface area contributed by atoms with Gasteiger partial charge in [-0.2, -0.15) is 11.8 Å². The fraction of sp³-hybridized carbons (Fsp3) is 0.909. The minimum absolute atomic E-state index is 0.190. The molecule has 0 radical (unpaired) electrons. The summed E-state index contributed by atoms with van der Waals surface area (Å²) in [4.78, 5) is 11.5. The van der Waals surface area contributed by atoms with Crippen LogP contribution in [0.2, 0.25) is 0 Å². The molecule has 4 heteroatoms. The highest BCUT2D eigenvalue weighted by molar-refractivity contribution is 7.99. The van der Waals surface area contributed by atoms with Crippen LogP contribution in [0.15, 0.2) is 0 Å². The smallest absolute Gasteiger partial charge is 0.221 e. The molecule has 0 bridgehead atoms. The Morgan fingerprint density at radius 1 is 1.60 bits per heavy atom. The minimum atomic E-state index is 0.190. The molecule has 0 aliphatic carbocycles.